The number of nitrogens with one attached hydrogen (secondary N) is 2. The second-order valence-corrected chi connectivity index (χ2v) is 6.72. The summed E-state index contributed by atoms with van der Waals surface area (Å²) in [5, 5.41) is 4.55. The van der Waals surface area contributed by atoms with Gasteiger partial charge in [0.2, 0.25) is 0 Å². The van der Waals surface area contributed by atoms with Gasteiger partial charge in [0.1, 0.15) is 6.54 Å². The number of hydrogen-bond donors (Lipinski definition) is 2. The maximum absolute atomic E-state index is 5.58. The molecule has 1 aliphatic carbocycles. The molecule has 0 radical (unpaired) electrons. The predicted octanol–water partition coefficient (Wildman–Crippen LogP) is 1.20. The van der Waals surface area contributed by atoms with Crippen LogP contribution in [0.15, 0.2) is 30.3 Å². The summed E-state index contributed by atoms with van der Waals surface area (Å²) in [6, 6.07) is 11.4. The minimum atomic E-state index is 0.632. The molecule has 3 rings (SSSR count). The molecule has 1 saturated carbocycles. The zero-order valence-corrected chi connectivity index (χ0v) is 13.5. The lowest BCUT2D eigenvalue weighted by Crippen LogP contribution is -3.13. The molecule has 0 spiro atoms. The van der Waals surface area contributed by atoms with E-state index in [4.69, 9.17) is 12.2 Å². The van der Waals surface area contributed by atoms with E-state index in [1.165, 1.54) is 44.3 Å². The van der Waals surface area contributed by atoms with Crippen LogP contribution in [0.2, 0.25) is 0 Å². The van der Waals surface area contributed by atoms with Crippen molar-refractivity contribution in [1.82, 2.24) is 10.2 Å². The van der Waals surface area contributed by atoms with Crippen LogP contribution in [0.4, 0.5) is 0 Å². The smallest absolute Gasteiger partial charge is 0.169 e. The molecule has 0 aromatic heterocycles. The summed E-state index contributed by atoms with van der Waals surface area (Å²) < 4.78 is 0. The van der Waals surface area contributed by atoms with Crippen LogP contribution in [0, 0.1) is 0 Å². The van der Waals surface area contributed by atoms with Crippen molar-refractivity contribution in [2.75, 3.05) is 26.2 Å². The summed E-state index contributed by atoms with van der Waals surface area (Å²) in [7, 11) is 0. The van der Waals surface area contributed by atoms with Gasteiger partial charge in [-0.25, -0.2) is 0 Å². The summed E-state index contributed by atoms with van der Waals surface area (Å²) >= 11 is 5.58. The van der Waals surface area contributed by atoms with Gasteiger partial charge in [0.15, 0.2) is 5.11 Å². The van der Waals surface area contributed by atoms with Gasteiger partial charge in [-0.05, 0) is 25.1 Å². The summed E-state index contributed by atoms with van der Waals surface area (Å²) in [6.07, 6.45) is 5.29. The van der Waals surface area contributed by atoms with Gasteiger partial charge in [0, 0.05) is 11.6 Å². The maximum atomic E-state index is 5.58. The average molecular weight is 304 g/mol. The van der Waals surface area contributed by atoms with Crippen molar-refractivity contribution in [2.24, 2.45) is 0 Å². The van der Waals surface area contributed by atoms with Crippen LogP contribution in [0.1, 0.15) is 31.2 Å². The summed E-state index contributed by atoms with van der Waals surface area (Å²) in [4.78, 5) is 4.03. The molecule has 0 atom stereocenters. The number of hydrogen-bond acceptors (Lipinski definition) is 1. The van der Waals surface area contributed by atoms with E-state index in [2.05, 4.69) is 40.5 Å². The minimum Gasteiger partial charge on any atom is -0.360 e. The predicted molar refractivity (Wildman–Crippen MR) is 90.4 cm³/mol. The van der Waals surface area contributed by atoms with Gasteiger partial charge in [0.05, 0.1) is 26.2 Å². The zero-order chi connectivity index (χ0) is 14.5. The summed E-state index contributed by atoms with van der Waals surface area (Å²) in [6.45, 7) is 5.67. The average Bonchev–Trinajstić information content (AvgIpc) is 3.02. The lowest BCUT2D eigenvalue weighted by molar-refractivity contribution is -0.917. The molecule has 2 N–H and O–H groups in total. The number of thiocarbonyl (C=S) groups is 1. The van der Waals surface area contributed by atoms with Crippen molar-refractivity contribution < 1.29 is 4.90 Å². The summed E-state index contributed by atoms with van der Waals surface area (Å²) in [5.41, 5.74) is 1.44. The first-order valence-corrected chi connectivity index (χ1v) is 8.65. The van der Waals surface area contributed by atoms with Crippen molar-refractivity contribution in [3.05, 3.63) is 35.9 Å². The van der Waals surface area contributed by atoms with Gasteiger partial charge in [-0.1, -0.05) is 43.2 Å². The molecule has 2 aliphatic rings. The van der Waals surface area contributed by atoms with E-state index in [1.807, 2.05) is 0 Å². The number of piperazine rings is 1. The van der Waals surface area contributed by atoms with E-state index in [9.17, 15) is 0 Å². The van der Waals surface area contributed by atoms with E-state index in [-0.39, 0.29) is 0 Å². The molecule has 2 fully saturated rings. The lowest BCUT2D eigenvalue weighted by Gasteiger charge is -2.34. The Labute approximate surface area is 133 Å². The Morgan fingerprint density at radius 2 is 1.81 bits per heavy atom. The molecule has 0 amide bonds. The highest BCUT2D eigenvalue weighted by atomic mass is 32.1. The fourth-order valence-corrected chi connectivity index (χ4v) is 3.77. The Kier molecular flexibility index (Phi) is 5.09. The van der Waals surface area contributed by atoms with Crippen LogP contribution in [0.25, 0.3) is 0 Å². The molecule has 1 aromatic rings. The summed E-state index contributed by atoms with van der Waals surface area (Å²) in [5.74, 6) is 0. The van der Waals surface area contributed by atoms with Gasteiger partial charge in [-0.15, -0.1) is 0 Å². The first kappa shape index (κ1) is 14.8. The SMILES string of the molecule is S=C(NC1CCCC1)N1CC[NH+](Cc2ccccc2)CC1. The van der Waals surface area contributed by atoms with E-state index in [0.717, 1.165) is 24.7 Å². The monoisotopic (exact) mass is 304 g/mol. The fourth-order valence-electron chi connectivity index (χ4n) is 3.42. The molecule has 4 heteroatoms. The first-order chi connectivity index (χ1) is 10.3. The second kappa shape index (κ2) is 7.23. The molecular weight excluding hydrogens is 278 g/mol. The topological polar surface area (TPSA) is 19.7 Å². The number of quaternary nitrogens is 1. The molecule has 1 aliphatic heterocycles. The van der Waals surface area contributed by atoms with Gasteiger partial charge < -0.3 is 15.1 Å². The largest absolute Gasteiger partial charge is 0.360 e. The highest BCUT2D eigenvalue weighted by Crippen LogP contribution is 2.17. The van der Waals surface area contributed by atoms with E-state index in [0.29, 0.717) is 6.04 Å². The molecule has 0 bridgehead atoms. The van der Waals surface area contributed by atoms with Crippen molar-refractivity contribution >= 4 is 17.3 Å². The number of nitrogens with zero attached hydrogens (tertiary/aromatic N) is 1. The van der Waals surface area contributed by atoms with Crippen LogP contribution >= 0.6 is 12.2 Å². The first-order valence-electron chi connectivity index (χ1n) is 8.24. The van der Waals surface area contributed by atoms with Crippen molar-refractivity contribution in [2.45, 2.75) is 38.3 Å². The lowest BCUT2D eigenvalue weighted by atomic mass is 10.2. The van der Waals surface area contributed by atoms with E-state index >= 15 is 0 Å². The molecular formula is C17H26N3S+. The van der Waals surface area contributed by atoms with Crippen LogP contribution in [-0.2, 0) is 6.54 Å². The van der Waals surface area contributed by atoms with Gasteiger partial charge in [0.25, 0.3) is 0 Å². The highest BCUT2D eigenvalue weighted by molar-refractivity contribution is 7.80. The van der Waals surface area contributed by atoms with Gasteiger partial charge in [-0.2, -0.15) is 0 Å². The van der Waals surface area contributed by atoms with E-state index in [1.54, 1.807) is 4.90 Å². The van der Waals surface area contributed by atoms with Gasteiger partial charge in [-0.3, -0.25) is 0 Å². The quantitative estimate of drug-likeness (QED) is 0.819. The molecule has 1 heterocycles. The molecule has 0 unspecified atom stereocenters. The molecule has 114 valence electrons. The number of rotatable bonds is 3. The zero-order valence-electron chi connectivity index (χ0n) is 12.7. The Morgan fingerprint density at radius 3 is 2.48 bits per heavy atom. The fraction of sp³-hybridized carbons (Fsp3) is 0.588. The third-order valence-electron chi connectivity index (χ3n) is 4.74. The van der Waals surface area contributed by atoms with Gasteiger partial charge >= 0.3 is 0 Å². The highest BCUT2D eigenvalue weighted by Gasteiger charge is 2.24. The minimum absolute atomic E-state index is 0.632. The molecule has 1 aromatic carbocycles. The standard InChI is InChI=1S/C17H25N3S/c21-17(18-16-8-4-5-9-16)20-12-10-19(11-13-20)14-15-6-2-1-3-7-15/h1-3,6-7,16H,4-5,8-14H2,(H,18,21)/p+1. The number of benzene rings is 1. The Morgan fingerprint density at radius 1 is 1.14 bits per heavy atom. The van der Waals surface area contributed by atoms with Crippen molar-refractivity contribution in [3.8, 4) is 0 Å². The van der Waals surface area contributed by atoms with Crippen molar-refractivity contribution in [1.29, 1.82) is 0 Å². The molecule has 21 heavy (non-hydrogen) atoms. The van der Waals surface area contributed by atoms with Crippen LogP contribution in [0.5, 0.6) is 0 Å². The molecule has 3 nitrogen and oxygen atoms in total. The second-order valence-electron chi connectivity index (χ2n) is 6.33. The normalized spacial score (nSPS) is 20.7. The van der Waals surface area contributed by atoms with Crippen LogP contribution in [-0.4, -0.2) is 42.2 Å². The van der Waals surface area contributed by atoms with Crippen LogP contribution < -0.4 is 10.2 Å². The Bertz CT molecular complexity index is 448. The van der Waals surface area contributed by atoms with E-state index < -0.39 is 0 Å². The molecule has 1 saturated heterocycles. The van der Waals surface area contributed by atoms with Crippen molar-refractivity contribution in [3.63, 3.8) is 0 Å². The third-order valence-corrected chi connectivity index (χ3v) is 5.11. The van der Waals surface area contributed by atoms with Crippen LogP contribution in [0.3, 0.4) is 0 Å². The Hall–Kier alpha value is -1.13. The maximum Gasteiger partial charge on any atom is 0.169 e. The Balaban J connectivity index is 1.43. The third kappa shape index (κ3) is 4.17.